The molecule has 0 aliphatic rings. The molecule has 0 saturated heterocycles. The maximum absolute atomic E-state index is 10.1. The number of carbonyl (C=O) groups excluding carboxylic acids is 2. The Kier molecular flexibility index (Phi) is 54.2. The molecule has 9 heteroatoms. The van der Waals surface area contributed by atoms with Crippen LogP contribution in [0.1, 0.15) is 47.5 Å². The van der Waals surface area contributed by atoms with Gasteiger partial charge in [-0.15, -0.1) is 0 Å². The number of hydrogen-bond donors (Lipinski definition) is 7. The van der Waals surface area contributed by atoms with E-state index in [1.54, 1.807) is 14.1 Å². The summed E-state index contributed by atoms with van der Waals surface area (Å²) < 4.78 is 0. The van der Waals surface area contributed by atoms with E-state index < -0.39 is 6.04 Å². The van der Waals surface area contributed by atoms with E-state index in [0.29, 0.717) is 6.41 Å². The molecule has 168 valence electrons. The van der Waals surface area contributed by atoms with Crippen LogP contribution >= 0.6 is 0 Å². The summed E-state index contributed by atoms with van der Waals surface area (Å²) in [6.07, 6.45) is 3.39. The fraction of sp³-hybridized carbons (Fsp3) is 0.889. The highest BCUT2D eigenvalue weighted by Crippen LogP contribution is 1.90. The SMILES string of the molecule is CC.CC.CCCC(C=O)NC.CNC(CO)CO.O=CNC(CO)CO. The first-order valence-corrected chi connectivity index (χ1v) is 9.47. The molecule has 0 aromatic heterocycles. The third kappa shape index (κ3) is 36.6. The van der Waals surface area contributed by atoms with E-state index in [2.05, 4.69) is 22.9 Å². The van der Waals surface area contributed by atoms with Gasteiger partial charge in [0, 0.05) is 0 Å². The van der Waals surface area contributed by atoms with Gasteiger partial charge in [-0.1, -0.05) is 41.0 Å². The molecule has 1 unspecified atom stereocenters. The number of likely N-dealkylation sites (N-methyl/N-ethyl adjacent to an activating group) is 2. The Morgan fingerprint density at radius 3 is 1.26 bits per heavy atom. The Bertz CT molecular complexity index is 236. The standard InChI is InChI=1S/C6H13NO.C4H9NO3.C4H11NO2.2C2H6/c1-3-4-6(5-8)7-2;6-1-4(2-7)5-3-8;1-5-4(2-6)3-7;2*1-2/h5-7H,3-4H2,1-2H3;3-4,6-7H,1-2H2,(H,5,8);4-7H,2-3H2,1H3;2*1-2H3. The average Bonchev–Trinajstić information content (AvgIpc) is 2.75. The maximum atomic E-state index is 10.1. The first kappa shape index (κ1) is 36.8. The van der Waals surface area contributed by atoms with Crippen LogP contribution in [0.25, 0.3) is 0 Å². The maximum Gasteiger partial charge on any atom is 0.207 e. The molecule has 0 fully saturated rings. The lowest BCUT2D eigenvalue weighted by molar-refractivity contribution is -0.111. The average molecular weight is 400 g/mol. The smallest absolute Gasteiger partial charge is 0.207 e. The largest absolute Gasteiger partial charge is 0.395 e. The van der Waals surface area contributed by atoms with Crippen LogP contribution in [0.15, 0.2) is 0 Å². The third-order valence-corrected chi connectivity index (χ3v) is 2.73. The summed E-state index contributed by atoms with van der Waals surface area (Å²) in [6.45, 7) is 9.60. The molecule has 0 bridgehead atoms. The molecular weight excluding hydrogens is 354 g/mol. The fourth-order valence-electron chi connectivity index (χ4n) is 1.09. The number of rotatable bonds is 11. The van der Waals surface area contributed by atoms with E-state index in [1.165, 1.54) is 0 Å². The predicted molar refractivity (Wildman–Crippen MR) is 111 cm³/mol. The van der Waals surface area contributed by atoms with Crippen LogP contribution < -0.4 is 16.0 Å². The number of hydrogen-bond acceptors (Lipinski definition) is 8. The molecule has 0 heterocycles. The fourth-order valence-corrected chi connectivity index (χ4v) is 1.09. The zero-order valence-electron chi connectivity index (χ0n) is 18.2. The van der Waals surface area contributed by atoms with Crippen molar-refractivity contribution in [3.05, 3.63) is 0 Å². The van der Waals surface area contributed by atoms with Gasteiger partial charge in [-0.2, -0.15) is 0 Å². The molecule has 0 spiro atoms. The molecule has 0 rings (SSSR count). The van der Waals surface area contributed by atoms with Gasteiger partial charge in [0.1, 0.15) is 6.29 Å². The van der Waals surface area contributed by atoms with Crippen LogP contribution in [-0.4, -0.2) is 91.8 Å². The minimum absolute atomic E-state index is 0.00694. The summed E-state index contributed by atoms with van der Waals surface area (Å²) in [5, 5.41) is 40.9. The van der Waals surface area contributed by atoms with E-state index >= 15 is 0 Å². The number of aliphatic hydroxyl groups excluding tert-OH is 4. The molecular formula is C18H45N3O6. The molecule has 27 heavy (non-hydrogen) atoms. The van der Waals surface area contributed by atoms with Crippen molar-refractivity contribution in [3.8, 4) is 0 Å². The summed E-state index contributed by atoms with van der Waals surface area (Å²) in [7, 11) is 3.49. The van der Waals surface area contributed by atoms with Crippen molar-refractivity contribution >= 4 is 12.7 Å². The molecule has 0 aromatic carbocycles. The van der Waals surface area contributed by atoms with Crippen LogP contribution in [0.5, 0.6) is 0 Å². The zero-order chi connectivity index (χ0) is 22.5. The molecule has 0 aliphatic carbocycles. The van der Waals surface area contributed by atoms with Gasteiger partial charge in [-0.05, 0) is 20.5 Å². The van der Waals surface area contributed by atoms with E-state index in [9.17, 15) is 9.59 Å². The van der Waals surface area contributed by atoms with Crippen molar-refractivity contribution in [2.24, 2.45) is 0 Å². The van der Waals surface area contributed by atoms with Gasteiger partial charge in [-0.25, -0.2) is 0 Å². The Hall–Kier alpha value is -1.10. The Labute approximate surface area is 165 Å². The third-order valence-electron chi connectivity index (χ3n) is 2.73. The van der Waals surface area contributed by atoms with E-state index in [4.69, 9.17) is 20.4 Å². The summed E-state index contributed by atoms with van der Waals surface area (Å²) in [6, 6.07) is -0.590. The molecule has 0 aromatic rings. The molecule has 1 amide bonds. The van der Waals surface area contributed by atoms with Gasteiger partial charge in [0.2, 0.25) is 6.41 Å². The van der Waals surface area contributed by atoms with Crippen LogP contribution in [-0.2, 0) is 9.59 Å². The van der Waals surface area contributed by atoms with Gasteiger partial charge in [0.15, 0.2) is 0 Å². The predicted octanol–water partition coefficient (Wildman–Crippen LogP) is -0.730. The topological polar surface area (TPSA) is 151 Å². The van der Waals surface area contributed by atoms with Crippen LogP contribution in [0, 0.1) is 0 Å². The molecule has 0 aliphatic heterocycles. The lowest BCUT2D eigenvalue weighted by Crippen LogP contribution is -2.34. The number of aldehydes is 1. The Balaban J connectivity index is -0.0000000819. The monoisotopic (exact) mass is 399 g/mol. The van der Waals surface area contributed by atoms with Crippen LogP contribution in [0.3, 0.4) is 0 Å². The summed E-state index contributed by atoms with van der Waals surface area (Å²) in [5.74, 6) is 0. The van der Waals surface area contributed by atoms with Gasteiger partial charge >= 0.3 is 0 Å². The molecule has 7 N–H and O–H groups in total. The highest BCUT2D eigenvalue weighted by Gasteiger charge is 2.00. The summed E-state index contributed by atoms with van der Waals surface area (Å²) >= 11 is 0. The second-order valence-electron chi connectivity index (χ2n) is 4.52. The first-order valence-electron chi connectivity index (χ1n) is 9.47. The lowest BCUT2D eigenvalue weighted by atomic mass is 10.2. The number of amides is 1. The summed E-state index contributed by atoms with van der Waals surface area (Å²) in [5.41, 5.74) is 0. The van der Waals surface area contributed by atoms with Crippen molar-refractivity contribution in [1.29, 1.82) is 0 Å². The first-order chi connectivity index (χ1) is 13.0. The van der Waals surface area contributed by atoms with E-state index in [-0.39, 0.29) is 38.5 Å². The number of carbonyl (C=O) groups is 2. The Morgan fingerprint density at radius 1 is 0.778 bits per heavy atom. The highest BCUT2D eigenvalue weighted by atomic mass is 16.3. The van der Waals surface area contributed by atoms with Gasteiger partial charge in [0.25, 0.3) is 0 Å². The minimum atomic E-state index is -0.507. The van der Waals surface area contributed by atoms with Crippen molar-refractivity contribution in [1.82, 2.24) is 16.0 Å². The normalized spacial score (nSPS) is 9.81. The van der Waals surface area contributed by atoms with Crippen molar-refractivity contribution in [3.63, 3.8) is 0 Å². The second kappa shape index (κ2) is 39.8. The zero-order valence-corrected chi connectivity index (χ0v) is 18.2. The van der Waals surface area contributed by atoms with Gasteiger partial charge in [-0.3, -0.25) is 4.79 Å². The molecule has 9 nitrogen and oxygen atoms in total. The number of nitrogens with one attached hydrogen (secondary N) is 3. The summed E-state index contributed by atoms with van der Waals surface area (Å²) in [4.78, 5) is 19.7. The lowest BCUT2D eigenvalue weighted by Gasteiger charge is -2.06. The molecule has 0 saturated carbocycles. The van der Waals surface area contributed by atoms with Crippen LogP contribution in [0.2, 0.25) is 0 Å². The van der Waals surface area contributed by atoms with E-state index in [1.807, 2.05) is 27.7 Å². The minimum Gasteiger partial charge on any atom is -0.395 e. The highest BCUT2D eigenvalue weighted by molar-refractivity contribution is 5.57. The van der Waals surface area contributed by atoms with Crippen molar-refractivity contribution in [2.75, 3.05) is 40.5 Å². The van der Waals surface area contributed by atoms with Gasteiger partial charge in [0.05, 0.1) is 44.6 Å². The van der Waals surface area contributed by atoms with Crippen LogP contribution in [0.4, 0.5) is 0 Å². The number of aliphatic hydroxyl groups is 4. The van der Waals surface area contributed by atoms with Crippen molar-refractivity contribution in [2.45, 2.75) is 65.6 Å². The Morgan fingerprint density at radius 2 is 1.19 bits per heavy atom. The second-order valence-corrected chi connectivity index (χ2v) is 4.52. The molecule has 0 radical (unpaired) electrons. The molecule has 1 atom stereocenters. The van der Waals surface area contributed by atoms with E-state index in [0.717, 1.165) is 19.1 Å². The quantitative estimate of drug-likeness (QED) is 0.225. The van der Waals surface area contributed by atoms with Crippen molar-refractivity contribution < 1.29 is 30.0 Å². The van der Waals surface area contributed by atoms with Gasteiger partial charge < -0.3 is 41.2 Å².